The molecule has 1 aliphatic carbocycles. The molecule has 1 saturated carbocycles. The Kier molecular flexibility index (Phi) is 6.35. The first-order valence-corrected chi connectivity index (χ1v) is 12.3. The van der Waals surface area contributed by atoms with E-state index in [1.54, 1.807) is 0 Å². The monoisotopic (exact) mass is 492 g/mol. The molecule has 4 rings (SSSR count). The number of β-amino-alcohol motifs (C(OH)–C–C–N with tert-alkyl or cyclic N) is 1. The van der Waals surface area contributed by atoms with Gasteiger partial charge in [0.15, 0.2) is 5.82 Å². The summed E-state index contributed by atoms with van der Waals surface area (Å²) in [5, 5.41) is 16.1. The summed E-state index contributed by atoms with van der Waals surface area (Å²) in [6.07, 6.45) is -1.19. The molecule has 182 valence electrons. The van der Waals surface area contributed by atoms with E-state index in [0.29, 0.717) is 6.42 Å². The summed E-state index contributed by atoms with van der Waals surface area (Å²) in [5.41, 5.74) is -0.498. The van der Waals surface area contributed by atoms with Gasteiger partial charge < -0.3 is 15.7 Å². The predicted molar refractivity (Wildman–Crippen MR) is 113 cm³/mol. The minimum Gasteiger partial charge on any atom is -0.390 e. The number of aliphatic hydroxyl groups is 1. The molecule has 1 saturated heterocycles. The van der Waals surface area contributed by atoms with Gasteiger partial charge in [-0.15, -0.1) is 0 Å². The topological polar surface area (TPSA) is 120 Å². The molecule has 0 amide bonds. The van der Waals surface area contributed by atoms with E-state index in [1.807, 2.05) is 0 Å². The number of halogens is 4. The average molecular weight is 492 g/mol. The summed E-state index contributed by atoms with van der Waals surface area (Å²) in [5.74, 6) is -3.15. The molecule has 0 spiro atoms. The van der Waals surface area contributed by atoms with Gasteiger partial charge in [-0.05, 0) is 25.3 Å². The number of aromatic nitrogens is 3. The molecule has 3 atom stereocenters. The van der Waals surface area contributed by atoms with E-state index in [4.69, 9.17) is 0 Å². The predicted octanol–water partition coefficient (Wildman–Crippen LogP) is 2.37. The number of alkyl halides is 4. The molecule has 2 aromatic rings. The van der Waals surface area contributed by atoms with E-state index in [1.165, 1.54) is 6.20 Å². The second-order valence-electron chi connectivity index (χ2n) is 8.41. The molecule has 0 bridgehead atoms. The van der Waals surface area contributed by atoms with Crippen LogP contribution in [-0.4, -0.2) is 76.2 Å². The lowest BCUT2D eigenvalue weighted by atomic mass is 10.0. The van der Waals surface area contributed by atoms with Crippen molar-refractivity contribution in [3.63, 3.8) is 0 Å². The van der Waals surface area contributed by atoms with Crippen molar-refractivity contribution in [2.45, 2.75) is 56.2 Å². The lowest BCUT2D eigenvalue weighted by Gasteiger charge is -2.34. The third kappa shape index (κ3) is 5.11. The number of hydrogen-bond donors (Lipinski definition) is 3. The van der Waals surface area contributed by atoms with Crippen LogP contribution in [0, 0.1) is 0 Å². The molecule has 33 heavy (non-hydrogen) atoms. The molecular formula is C19H24F4N6O3S. The Morgan fingerprint density at radius 3 is 2.61 bits per heavy atom. The number of rotatable bonds is 6. The zero-order valence-electron chi connectivity index (χ0n) is 17.7. The van der Waals surface area contributed by atoms with E-state index in [9.17, 15) is 31.1 Å². The number of fused-ring (bicyclic) bond motifs is 1. The largest absolute Gasteiger partial charge is 0.390 e. The third-order valence-corrected chi connectivity index (χ3v) is 7.23. The summed E-state index contributed by atoms with van der Waals surface area (Å²) in [4.78, 5) is 12.2. The molecular weight excluding hydrogens is 468 g/mol. The summed E-state index contributed by atoms with van der Waals surface area (Å²) in [6, 6.07) is -0.722. The summed E-state index contributed by atoms with van der Waals surface area (Å²) in [6.45, 7) is 0.0803. The lowest BCUT2D eigenvalue weighted by Crippen LogP contribution is -2.51. The number of sulfonamides is 1. The molecule has 2 fully saturated rings. The van der Waals surface area contributed by atoms with Crippen LogP contribution in [0.2, 0.25) is 0 Å². The SMILES string of the molecule is CS(=O)(=O)N1CC[C@H](Nc2ncc3cc(C(F)F)nc(N[C@@H]4CCCC4(F)F)c3n2)[C@H](O)C1. The molecule has 2 aliphatic rings. The van der Waals surface area contributed by atoms with Gasteiger partial charge in [0.2, 0.25) is 16.0 Å². The maximum Gasteiger partial charge on any atom is 0.280 e. The lowest BCUT2D eigenvalue weighted by molar-refractivity contribution is -0.000664. The number of aliphatic hydroxyl groups excluding tert-OH is 1. The van der Waals surface area contributed by atoms with Crippen molar-refractivity contribution in [2.75, 3.05) is 30.0 Å². The van der Waals surface area contributed by atoms with Crippen molar-refractivity contribution < 1.29 is 31.1 Å². The standard InChI is InChI=1S/C19H24F4N6O3S/c1-33(31,32)29-6-4-11(13(30)9-29)26-18-24-8-10-7-12(16(20)21)25-17(15(10)28-18)27-14-3-2-5-19(14,22)23/h7-8,11,13-14,16,30H,2-6,9H2,1H3,(H,25,27)(H,24,26,28)/t11-,13+,14+/m0/s1. The van der Waals surface area contributed by atoms with Gasteiger partial charge in [0.25, 0.3) is 12.3 Å². The fraction of sp³-hybridized carbons (Fsp3) is 0.632. The summed E-state index contributed by atoms with van der Waals surface area (Å²) >= 11 is 0. The van der Waals surface area contributed by atoms with E-state index in [2.05, 4.69) is 25.6 Å². The Labute approximate surface area is 187 Å². The van der Waals surface area contributed by atoms with Gasteiger partial charge in [-0.1, -0.05) is 0 Å². The smallest absolute Gasteiger partial charge is 0.280 e. The molecule has 9 nitrogen and oxygen atoms in total. The van der Waals surface area contributed by atoms with Gasteiger partial charge in [0.05, 0.1) is 24.4 Å². The first-order chi connectivity index (χ1) is 15.4. The molecule has 0 unspecified atom stereocenters. The van der Waals surface area contributed by atoms with E-state index in [-0.39, 0.29) is 55.0 Å². The van der Waals surface area contributed by atoms with Crippen LogP contribution in [0.1, 0.15) is 37.8 Å². The molecule has 3 heterocycles. The second-order valence-corrected chi connectivity index (χ2v) is 10.4. The van der Waals surface area contributed by atoms with Crippen molar-refractivity contribution >= 4 is 32.7 Å². The fourth-order valence-corrected chi connectivity index (χ4v) is 5.01. The zero-order chi connectivity index (χ0) is 24.0. The van der Waals surface area contributed by atoms with Crippen LogP contribution >= 0.6 is 0 Å². The Balaban J connectivity index is 1.61. The highest BCUT2D eigenvalue weighted by Gasteiger charge is 2.44. The van der Waals surface area contributed by atoms with Crippen LogP contribution in [0.4, 0.5) is 29.3 Å². The highest BCUT2D eigenvalue weighted by atomic mass is 32.2. The first-order valence-electron chi connectivity index (χ1n) is 10.4. The minimum absolute atomic E-state index is 0.0344. The Morgan fingerprint density at radius 1 is 1.24 bits per heavy atom. The first kappa shape index (κ1) is 23.8. The Morgan fingerprint density at radius 2 is 2.00 bits per heavy atom. The van der Waals surface area contributed by atoms with E-state index < -0.39 is 46.3 Å². The van der Waals surface area contributed by atoms with Crippen LogP contribution in [0.25, 0.3) is 10.9 Å². The summed E-state index contributed by atoms with van der Waals surface area (Å²) < 4.78 is 79.5. The van der Waals surface area contributed by atoms with Gasteiger partial charge in [0.1, 0.15) is 11.2 Å². The van der Waals surface area contributed by atoms with E-state index >= 15 is 0 Å². The highest BCUT2D eigenvalue weighted by Crippen LogP contribution is 2.38. The normalized spacial score (nSPS) is 26.1. The molecule has 0 aromatic carbocycles. The van der Waals surface area contributed by atoms with Gasteiger partial charge in [-0.25, -0.2) is 40.9 Å². The van der Waals surface area contributed by atoms with Gasteiger partial charge in [-0.2, -0.15) is 4.31 Å². The van der Waals surface area contributed by atoms with Crippen LogP contribution in [0.5, 0.6) is 0 Å². The van der Waals surface area contributed by atoms with Gasteiger partial charge in [0, 0.05) is 31.1 Å². The Bertz CT molecular complexity index is 1140. The third-order valence-electron chi connectivity index (χ3n) is 5.96. The number of piperidine rings is 1. The van der Waals surface area contributed by atoms with Crippen molar-refractivity contribution in [2.24, 2.45) is 0 Å². The van der Waals surface area contributed by atoms with Gasteiger partial charge in [-0.3, -0.25) is 0 Å². The van der Waals surface area contributed by atoms with Crippen molar-refractivity contribution in [3.05, 3.63) is 18.0 Å². The molecule has 14 heteroatoms. The van der Waals surface area contributed by atoms with Crippen molar-refractivity contribution in [1.29, 1.82) is 0 Å². The minimum atomic E-state index is -3.45. The van der Waals surface area contributed by atoms with Crippen LogP contribution in [0.3, 0.4) is 0 Å². The quantitative estimate of drug-likeness (QED) is 0.526. The Hall–Kier alpha value is -2.32. The maximum absolute atomic E-state index is 14.1. The molecule has 2 aromatic heterocycles. The van der Waals surface area contributed by atoms with Gasteiger partial charge >= 0.3 is 0 Å². The molecule has 0 radical (unpaired) electrons. The van der Waals surface area contributed by atoms with Crippen LogP contribution in [0.15, 0.2) is 12.3 Å². The number of nitrogens with zero attached hydrogens (tertiary/aromatic N) is 4. The average Bonchev–Trinajstić information content (AvgIpc) is 3.06. The number of nitrogens with one attached hydrogen (secondary N) is 2. The van der Waals surface area contributed by atoms with Crippen LogP contribution in [-0.2, 0) is 10.0 Å². The summed E-state index contributed by atoms with van der Waals surface area (Å²) in [7, 11) is -3.45. The van der Waals surface area contributed by atoms with E-state index in [0.717, 1.165) is 16.6 Å². The molecule has 1 aliphatic heterocycles. The van der Waals surface area contributed by atoms with Crippen molar-refractivity contribution in [3.8, 4) is 0 Å². The fourth-order valence-electron chi connectivity index (χ4n) is 4.15. The molecule has 3 N–H and O–H groups in total. The second kappa shape index (κ2) is 8.80. The number of anilines is 2. The van der Waals surface area contributed by atoms with Crippen molar-refractivity contribution in [1.82, 2.24) is 19.3 Å². The highest BCUT2D eigenvalue weighted by molar-refractivity contribution is 7.88. The number of pyridine rings is 1. The zero-order valence-corrected chi connectivity index (χ0v) is 18.5. The van der Waals surface area contributed by atoms with Crippen LogP contribution < -0.4 is 10.6 Å². The number of hydrogen-bond acceptors (Lipinski definition) is 8. The maximum atomic E-state index is 14.1.